The lowest BCUT2D eigenvalue weighted by atomic mass is 10.1. The number of imidazole rings is 1. The molecule has 0 aliphatic heterocycles. The van der Waals surface area contributed by atoms with Crippen molar-refractivity contribution in [3.8, 4) is 22.1 Å². The zero-order valence-electron chi connectivity index (χ0n) is 16.6. The number of nitrogens with two attached hydrogens (primary N) is 1. The number of amides is 1. The molecule has 4 aromatic rings. The Balaban J connectivity index is 1.70. The van der Waals surface area contributed by atoms with E-state index in [2.05, 4.69) is 4.98 Å². The van der Waals surface area contributed by atoms with Gasteiger partial charge in [-0.25, -0.2) is 4.98 Å². The number of aliphatic hydroxyl groups excluding tert-OH is 1. The monoisotopic (exact) mass is 457 g/mol. The molecule has 9 heteroatoms. The Labute approximate surface area is 187 Å². The van der Waals surface area contributed by atoms with Crippen LogP contribution in [0.4, 0.5) is 0 Å². The summed E-state index contributed by atoms with van der Waals surface area (Å²) in [6, 6.07) is 12.8. The predicted octanol–water partition coefficient (Wildman–Crippen LogP) is 4.33. The standard InChI is InChI=1S/C22H20ClN3O4S/c1-13(15-4-2-3-5-16(15)23)30-18-10-19(31-21(18)22(24)28)17-11-25-20-7-6-14(12-26(17)20)29-9-8-27/h2-7,10-13,27H,8-9H2,1H3,(H2,24,28). The first kappa shape index (κ1) is 21.2. The Kier molecular flexibility index (Phi) is 6.13. The summed E-state index contributed by atoms with van der Waals surface area (Å²) in [6.07, 6.45) is 3.11. The Morgan fingerprint density at radius 3 is 2.87 bits per heavy atom. The number of hydrogen-bond donors (Lipinski definition) is 2. The number of nitrogens with zero attached hydrogens (tertiary/aromatic N) is 2. The Morgan fingerprint density at radius 2 is 2.13 bits per heavy atom. The van der Waals surface area contributed by atoms with Gasteiger partial charge in [0.2, 0.25) is 0 Å². The zero-order chi connectivity index (χ0) is 22.0. The molecule has 1 atom stereocenters. The van der Waals surface area contributed by atoms with E-state index in [1.165, 1.54) is 11.3 Å². The van der Waals surface area contributed by atoms with Crippen molar-refractivity contribution in [2.75, 3.05) is 13.2 Å². The number of primary amides is 1. The van der Waals surface area contributed by atoms with Crippen LogP contribution in [0.25, 0.3) is 16.2 Å². The fourth-order valence-electron chi connectivity index (χ4n) is 3.21. The predicted molar refractivity (Wildman–Crippen MR) is 120 cm³/mol. The number of thiophene rings is 1. The highest BCUT2D eigenvalue weighted by Gasteiger charge is 2.21. The first-order valence-corrected chi connectivity index (χ1v) is 10.7. The molecule has 0 saturated carbocycles. The number of aliphatic hydroxyl groups is 1. The second kappa shape index (κ2) is 8.97. The van der Waals surface area contributed by atoms with Crippen LogP contribution in [0.3, 0.4) is 0 Å². The van der Waals surface area contributed by atoms with Crippen LogP contribution in [-0.4, -0.2) is 33.6 Å². The number of rotatable bonds is 8. The van der Waals surface area contributed by atoms with Crippen molar-refractivity contribution < 1.29 is 19.4 Å². The van der Waals surface area contributed by atoms with Crippen molar-refractivity contribution in [2.24, 2.45) is 5.73 Å². The highest BCUT2D eigenvalue weighted by molar-refractivity contribution is 7.17. The Hall–Kier alpha value is -3.07. The normalized spacial score (nSPS) is 12.1. The van der Waals surface area contributed by atoms with Gasteiger partial charge in [-0.2, -0.15) is 0 Å². The molecule has 0 aliphatic rings. The number of carbonyl (C=O) groups excluding carboxylic acids is 1. The molecular formula is C22H20ClN3O4S. The fourth-order valence-corrected chi connectivity index (χ4v) is 4.45. The maximum atomic E-state index is 12.1. The summed E-state index contributed by atoms with van der Waals surface area (Å²) < 4.78 is 13.4. The van der Waals surface area contributed by atoms with Gasteiger partial charge < -0.3 is 20.3 Å². The molecule has 1 aromatic carbocycles. The maximum Gasteiger partial charge on any atom is 0.262 e. The molecule has 7 nitrogen and oxygen atoms in total. The molecule has 160 valence electrons. The molecule has 1 unspecified atom stereocenters. The van der Waals surface area contributed by atoms with E-state index in [0.29, 0.717) is 27.0 Å². The van der Waals surface area contributed by atoms with Crippen LogP contribution in [0.1, 0.15) is 28.3 Å². The van der Waals surface area contributed by atoms with Gasteiger partial charge in [-0.15, -0.1) is 11.3 Å². The molecule has 1 amide bonds. The third-order valence-electron chi connectivity index (χ3n) is 4.66. The van der Waals surface area contributed by atoms with Gasteiger partial charge in [0.25, 0.3) is 5.91 Å². The zero-order valence-corrected chi connectivity index (χ0v) is 18.2. The first-order chi connectivity index (χ1) is 15.0. The summed E-state index contributed by atoms with van der Waals surface area (Å²) in [5.74, 6) is 0.414. The number of carbonyl (C=O) groups is 1. The molecule has 3 heterocycles. The molecular weight excluding hydrogens is 438 g/mol. The van der Waals surface area contributed by atoms with Gasteiger partial charge in [-0.3, -0.25) is 9.20 Å². The summed E-state index contributed by atoms with van der Waals surface area (Å²) in [5.41, 5.74) is 7.91. The lowest BCUT2D eigenvalue weighted by Gasteiger charge is -2.16. The van der Waals surface area contributed by atoms with Gasteiger partial charge in [-0.1, -0.05) is 29.8 Å². The van der Waals surface area contributed by atoms with E-state index < -0.39 is 5.91 Å². The third-order valence-corrected chi connectivity index (χ3v) is 6.16. The number of hydrogen-bond acceptors (Lipinski definition) is 6. The average Bonchev–Trinajstić information content (AvgIpc) is 3.36. The molecule has 3 aromatic heterocycles. The van der Waals surface area contributed by atoms with E-state index in [-0.39, 0.29) is 19.3 Å². The molecule has 0 saturated heterocycles. The average molecular weight is 458 g/mol. The molecule has 3 N–H and O–H groups in total. The van der Waals surface area contributed by atoms with Crippen molar-refractivity contribution in [1.82, 2.24) is 9.38 Å². The minimum Gasteiger partial charge on any atom is -0.490 e. The smallest absolute Gasteiger partial charge is 0.262 e. The fraction of sp³-hybridized carbons (Fsp3) is 0.182. The number of halogens is 1. The van der Waals surface area contributed by atoms with Crippen LogP contribution in [0, 0.1) is 0 Å². The first-order valence-electron chi connectivity index (χ1n) is 9.53. The third kappa shape index (κ3) is 4.36. The summed E-state index contributed by atoms with van der Waals surface area (Å²) in [4.78, 5) is 17.6. The topological polar surface area (TPSA) is 99.1 Å². The molecule has 0 fully saturated rings. The summed E-state index contributed by atoms with van der Waals surface area (Å²) in [6.45, 7) is 1.98. The van der Waals surface area contributed by atoms with Crippen molar-refractivity contribution in [3.63, 3.8) is 0 Å². The highest BCUT2D eigenvalue weighted by atomic mass is 35.5. The van der Waals surface area contributed by atoms with E-state index in [4.69, 9.17) is 31.9 Å². The second-order valence-electron chi connectivity index (χ2n) is 6.76. The highest BCUT2D eigenvalue weighted by Crippen LogP contribution is 2.39. The van der Waals surface area contributed by atoms with Crippen LogP contribution in [-0.2, 0) is 0 Å². The number of aromatic nitrogens is 2. The molecule has 0 spiro atoms. The van der Waals surface area contributed by atoms with Crippen LogP contribution in [0.2, 0.25) is 5.02 Å². The van der Waals surface area contributed by atoms with Crippen molar-refractivity contribution in [1.29, 1.82) is 0 Å². The molecule has 31 heavy (non-hydrogen) atoms. The second-order valence-corrected chi connectivity index (χ2v) is 8.22. The number of benzene rings is 1. The molecule has 4 rings (SSSR count). The van der Waals surface area contributed by atoms with Crippen LogP contribution in [0.5, 0.6) is 11.5 Å². The van der Waals surface area contributed by atoms with E-state index >= 15 is 0 Å². The van der Waals surface area contributed by atoms with E-state index in [9.17, 15) is 4.79 Å². The van der Waals surface area contributed by atoms with Crippen molar-refractivity contribution in [3.05, 3.63) is 70.3 Å². The van der Waals surface area contributed by atoms with Gasteiger partial charge in [0.1, 0.15) is 34.7 Å². The van der Waals surface area contributed by atoms with Gasteiger partial charge in [0.05, 0.1) is 29.6 Å². The van der Waals surface area contributed by atoms with Crippen LogP contribution < -0.4 is 15.2 Å². The number of fused-ring (bicyclic) bond motifs is 1. The van der Waals surface area contributed by atoms with Crippen LogP contribution >= 0.6 is 22.9 Å². The van der Waals surface area contributed by atoms with E-state index in [0.717, 1.165) is 16.1 Å². The molecule has 0 bridgehead atoms. The Morgan fingerprint density at radius 1 is 1.32 bits per heavy atom. The lowest BCUT2D eigenvalue weighted by molar-refractivity contribution is 0.0998. The lowest BCUT2D eigenvalue weighted by Crippen LogP contribution is -2.12. The SMILES string of the molecule is CC(Oc1cc(-c2cnc3ccc(OCCO)cn23)sc1C(N)=O)c1ccccc1Cl. The summed E-state index contributed by atoms with van der Waals surface area (Å²) in [7, 11) is 0. The maximum absolute atomic E-state index is 12.1. The van der Waals surface area contributed by atoms with Crippen molar-refractivity contribution >= 4 is 34.5 Å². The minimum atomic E-state index is -0.571. The minimum absolute atomic E-state index is 0.0773. The van der Waals surface area contributed by atoms with E-state index in [1.54, 1.807) is 30.6 Å². The molecule has 0 radical (unpaired) electrons. The van der Waals surface area contributed by atoms with Gasteiger partial charge >= 0.3 is 0 Å². The van der Waals surface area contributed by atoms with Crippen LogP contribution in [0.15, 0.2) is 54.9 Å². The van der Waals surface area contributed by atoms with Gasteiger partial charge in [-0.05, 0) is 25.1 Å². The Bertz CT molecular complexity index is 1240. The summed E-state index contributed by atoms with van der Waals surface area (Å²) >= 11 is 7.51. The number of ether oxygens (including phenoxy) is 2. The van der Waals surface area contributed by atoms with Gasteiger partial charge in [0.15, 0.2) is 0 Å². The van der Waals surface area contributed by atoms with Crippen molar-refractivity contribution in [2.45, 2.75) is 13.0 Å². The van der Waals surface area contributed by atoms with Gasteiger partial charge in [0, 0.05) is 16.7 Å². The summed E-state index contributed by atoms with van der Waals surface area (Å²) in [5, 5.41) is 9.57. The largest absolute Gasteiger partial charge is 0.490 e. The molecule has 0 aliphatic carbocycles. The quantitative estimate of drug-likeness (QED) is 0.410. The van der Waals surface area contributed by atoms with E-state index in [1.807, 2.05) is 35.6 Å². The number of pyridine rings is 1.